The van der Waals surface area contributed by atoms with Crippen molar-refractivity contribution in [3.63, 3.8) is 0 Å². The van der Waals surface area contributed by atoms with Gasteiger partial charge in [0.25, 0.3) is 0 Å². The first-order valence-corrected chi connectivity index (χ1v) is 6.63. The molecule has 0 aromatic heterocycles. The molecule has 0 spiro atoms. The van der Waals surface area contributed by atoms with Crippen molar-refractivity contribution >= 4 is 0 Å². The minimum absolute atomic E-state index is 0.187. The third-order valence-electron chi connectivity index (χ3n) is 2.89. The van der Waals surface area contributed by atoms with E-state index in [9.17, 15) is 5.11 Å². The lowest BCUT2D eigenvalue weighted by Gasteiger charge is -2.28. The van der Waals surface area contributed by atoms with Crippen LogP contribution in [-0.2, 0) is 0 Å². The largest absolute Gasteiger partial charge is 0.392 e. The zero-order chi connectivity index (χ0) is 13.1. The predicted octanol–water partition coefficient (Wildman–Crippen LogP) is 3.20. The summed E-state index contributed by atoms with van der Waals surface area (Å²) in [6.45, 7) is 12.2. The Kier molecular flexibility index (Phi) is 9.78. The van der Waals surface area contributed by atoms with Crippen molar-refractivity contribution in [1.82, 2.24) is 5.32 Å². The lowest BCUT2D eigenvalue weighted by Crippen LogP contribution is -2.42. The van der Waals surface area contributed by atoms with E-state index in [0.29, 0.717) is 0 Å². The van der Waals surface area contributed by atoms with E-state index in [1.807, 2.05) is 26.0 Å². The van der Waals surface area contributed by atoms with Crippen LogP contribution in [0.25, 0.3) is 0 Å². The second-order valence-corrected chi connectivity index (χ2v) is 4.02. The molecule has 0 aromatic carbocycles. The Bertz CT molecular complexity index is 245. The fraction of sp³-hybridized carbons (Fsp3) is 0.600. The van der Waals surface area contributed by atoms with Gasteiger partial charge in [-0.1, -0.05) is 58.1 Å². The Morgan fingerprint density at radius 1 is 1.29 bits per heavy atom. The minimum atomic E-state index is -0.187. The number of nitrogens with one attached hydrogen (secondary N) is 1. The van der Waals surface area contributed by atoms with Crippen LogP contribution in [0.3, 0.4) is 0 Å². The fourth-order valence-electron chi connectivity index (χ4n) is 1.95. The van der Waals surface area contributed by atoms with Gasteiger partial charge >= 0.3 is 0 Å². The molecule has 1 saturated carbocycles. The first-order valence-electron chi connectivity index (χ1n) is 6.63. The van der Waals surface area contributed by atoms with Gasteiger partial charge < -0.3 is 10.4 Å². The van der Waals surface area contributed by atoms with E-state index in [2.05, 4.69) is 18.5 Å². The van der Waals surface area contributed by atoms with Gasteiger partial charge in [0.05, 0.1) is 6.10 Å². The summed E-state index contributed by atoms with van der Waals surface area (Å²) >= 11 is 0. The van der Waals surface area contributed by atoms with Crippen molar-refractivity contribution in [3.8, 4) is 0 Å². The van der Waals surface area contributed by atoms with Gasteiger partial charge in [-0.15, -0.1) is 0 Å². The molecule has 2 nitrogen and oxygen atoms in total. The molecule has 98 valence electrons. The number of hydrogen-bond acceptors (Lipinski definition) is 2. The first-order chi connectivity index (χ1) is 8.27. The van der Waals surface area contributed by atoms with E-state index in [0.717, 1.165) is 31.4 Å². The molecule has 1 aliphatic rings. The van der Waals surface area contributed by atoms with Crippen molar-refractivity contribution in [3.05, 3.63) is 37.0 Å². The van der Waals surface area contributed by atoms with Crippen LogP contribution in [-0.4, -0.2) is 23.8 Å². The molecule has 0 saturated heterocycles. The Morgan fingerprint density at radius 2 is 1.94 bits per heavy atom. The number of hydrogen-bond donors (Lipinski definition) is 2. The summed E-state index contributed by atoms with van der Waals surface area (Å²) < 4.78 is 0. The Labute approximate surface area is 106 Å². The van der Waals surface area contributed by atoms with Gasteiger partial charge in [0.2, 0.25) is 0 Å². The molecule has 1 rings (SSSR count). The summed E-state index contributed by atoms with van der Waals surface area (Å²) in [5.74, 6) is 0. The number of aliphatic hydroxyl groups excluding tert-OH is 1. The van der Waals surface area contributed by atoms with Crippen molar-refractivity contribution < 1.29 is 5.11 Å². The van der Waals surface area contributed by atoms with Crippen molar-refractivity contribution in [2.24, 2.45) is 0 Å². The van der Waals surface area contributed by atoms with Crippen LogP contribution in [0.1, 0.15) is 39.5 Å². The molecule has 0 radical (unpaired) electrons. The maximum atomic E-state index is 9.76. The highest BCUT2D eigenvalue weighted by atomic mass is 16.3. The summed E-state index contributed by atoms with van der Waals surface area (Å²) in [7, 11) is 0. The van der Waals surface area contributed by atoms with E-state index in [1.165, 1.54) is 6.42 Å². The fourth-order valence-corrected chi connectivity index (χ4v) is 1.95. The molecule has 17 heavy (non-hydrogen) atoms. The predicted molar refractivity (Wildman–Crippen MR) is 76.1 cm³/mol. The Hall–Kier alpha value is -0.860. The van der Waals surface area contributed by atoms with E-state index in [4.69, 9.17) is 0 Å². The van der Waals surface area contributed by atoms with Gasteiger partial charge in [-0.2, -0.15) is 0 Å². The summed E-state index contributed by atoms with van der Waals surface area (Å²) in [4.78, 5) is 0. The molecule has 2 atom stereocenters. The lowest BCUT2D eigenvalue weighted by atomic mass is 9.92. The van der Waals surface area contributed by atoms with Gasteiger partial charge in [0.15, 0.2) is 0 Å². The quantitative estimate of drug-likeness (QED) is 0.720. The number of rotatable bonds is 5. The molecule has 1 fully saturated rings. The zero-order valence-electron chi connectivity index (χ0n) is 11.3. The average Bonchev–Trinajstić information content (AvgIpc) is 2.38. The van der Waals surface area contributed by atoms with Crippen molar-refractivity contribution in [2.75, 3.05) is 6.54 Å². The minimum Gasteiger partial charge on any atom is -0.392 e. The molecule has 2 unspecified atom stereocenters. The van der Waals surface area contributed by atoms with Gasteiger partial charge in [-0.25, -0.2) is 0 Å². The van der Waals surface area contributed by atoms with Gasteiger partial charge in [0, 0.05) is 12.6 Å². The van der Waals surface area contributed by atoms with Crippen LogP contribution < -0.4 is 5.32 Å². The molecule has 2 heteroatoms. The molecular formula is C15H27NO. The topological polar surface area (TPSA) is 32.3 Å². The number of aliphatic hydroxyl groups is 1. The maximum Gasteiger partial charge on any atom is 0.0693 e. The molecule has 0 aliphatic heterocycles. The normalized spacial score (nSPS) is 24.5. The van der Waals surface area contributed by atoms with Crippen LogP contribution in [0, 0.1) is 0 Å². The summed E-state index contributed by atoms with van der Waals surface area (Å²) in [6, 6.07) is 0.243. The van der Waals surface area contributed by atoms with Crippen LogP contribution in [0.15, 0.2) is 37.0 Å². The van der Waals surface area contributed by atoms with E-state index >= 15 is 0 Å². The monoisotopic (exact) mass is 237 g/mol. The molecule has 0 bridgehead atoms. The molecule has 2 N–H and O–H groups in total. The second-order valence-electron chi connectivity index (χ2n) is 4.02. The Balaban J connectivity index is 0.00000121. The van der Waals surface area contributed by atoms with Crippen molar-refractivity contribution in [2.45, 2.75) is 51.7 Å². The van der Waals surface area contributed by atoms with Gasteiger partial charge in [0.1, 0.15) is 0 Å². The zero-order valence-corrected chi connectivity index (χ0v) is 11.3. The van der Waals surface area contributed by atoms with E-state index in [1.54, 1.807) is 6.08 Å². The molecular weight excluding hydrogens is 210 g/mol. The maximum absolute atomic E-state index is 9.76. The highest BCUT2D eigenvalue weighted by Crippen LogP contribution is 2.18. The van der Waals surface area contributed by atoms with E-state index in [-0.39, 0.29) is 12.1 Å². The van der Waals surface area contributed by atoms with Gasteiger partial charge in [-0.05, 0) is 18.4 Å². The SMILES string of the molecule is C=C/C=C(\C=C)CNC1CCCCC1O.CC. The highest BCUT2D eigenvalue weighted by molar-refractivity contribution is 5.22. The lowest BCUT2D eigenvalue weighted by molar-refractivity contribution is 0.0926. The highest BCUT2D eigenvalue weighted by Gasteiger charge is 2.21. The van der Waals surface area contributed by atoms with Crippen molar-refractivity contribution in [1.29, 1.82) is 0 Å². The molecule has 0 amide bonds. The van der Waals surface area contributed by atoms with E-state index < -0.39 is 0 Å². The van der Waals surface area contributed by atoms with Crippen LogP contribution in [0.2, 0.25) is 0 Å². The summed E-state index contributed by atoms with van der Waals surface area (Å²) in [6.07, 6.45) is 9.69. The Morgan fingerprint density at radius 3 is 2.47 bits per heavy atom. The smallest absolute Gasteiger partial charge is 0.0693 e. The summed E-state index contributed by atoms with van der Waals surface area (Å²) in [5.41, 5.74) is 1.11. The van der Waals surface area contributed by atoms with Crippen LogP contribution >= 0.6 is 0 Å². The summed E-state index contributed by atoms with van der Waals surface area (Å²) in [5, 5.41) is 13.1. The standard InChI is InChI=1S/C13H21NO.C2H6/c1-3-7-11(4-2)10-14-12-8-5-6-9-13(12)15;1-2/h3-4,7,12-15H,1-2,5-6,8-10H2;1-2H3/b11-7+;. The van der Waals surface area contributed by atoms with Crippen LogP contribution in [0.4, 0.5) is 0 Å². The third kappa shape index (κ3) is 6.44. The number of allylic oxidation sites excluding steroid dienone is 2. The molecule has 0 heterocycles. The molecule has 0 aromatic rings. The first kappa shape index (κ1) is 16.1. The average molecular weight is 237 g/mol. The molecule has 1 aliphatic carbocycles. The second kappa shape index (κ2) is 10.3. The third-order valence-corrected chi connectivity index (χ3v) is 2.89. The van der Waals surface area contributed by atoms with Crippen LogP contribution in [0.5, 0.6) is 0 Å². The van der Waals surface area contributed by atoms with Gasteiger partial charge in [-0.3, -0.25) is 0 Å².